The molecular formula is C18H20O5. The van der Waals surface area contributed by atoms with Gasteiger partial charge in [-0.15, -0.1) is 0 Å². The molecule has 0 aromatic heterocycles. The van der Waals surface area contributed by atoms with Crippen LogP contribution in [0.15, 0.2) is 36.4 Å². The Morgan fingerprint density at radius 1 is 0.913 bits per heavy atom. The maximum Gasteiger partial charge on any atom is 0.195 e. The van der Waals surface area contributed by atoms with Crippen LogP contribution in [-0.4, -0.2) is 32.2 Å². The lowest BCUT2D eigenvalue weighted by molar-refractivity contribution is 0.0746. The first-order chi connectivity index (χ1) is 11.0. The highest BCUT2D eigenvalue weighted by molar-refractivity contribution is 6.00. The number of hydrogen-bond acceptors (Lipinski definition) is 5. The van der Waals surface area contributed by atoms with Crippen LogP contribution in [0.25, 0.3) is 0 Å². The zero-order chi connectivity index (χ0) is 17.0. The maximum atomic E-state index is 12.5. The molecule has 0 saturated carbocycles. The molecule has 2 rings (SSSR count). The van der Waals surface area contributed by atoms with Gasteiger partial charge in [0.1, 0.15) is 11.9 Å². The first-order valence-electron chi connectivity index (χ1n) is 7.10. The largest absolute Gasteiger partial charge is 0.496 e. The number of methoxy groups -OCH3 is 3. The van der Waals surface area contributed by atoms with Crippen molar-refractivity contribution in [2.45, 2.75) is 13.0 Å². The molecule has 5 heteroatoms. The zero-order valence-corrected chi connectivity index (χ0v) is 13.6. The molecule has 0 aliphatic rings. The molecule has 0 spiro atoms. The van der Waals surface area contributed by atoms with Crippen LogP contribution < -0.4 is 14.2 Å². The number of aliphatic hydroxyl groups is 1. The quantitative estimate of drug-likeness (QED) is 0.830. The van der Waals surface area contributed by atoms with Crippen molar-refractivity contribution in [3.63, 3.8) is 0 Å². The Bertz CT molecular complexity index is 709. The van der Waals surface area contributed by atoms with Gasteiger partial charge in [-0.05, 0) is 36.2 Å². The van der Waals surface area contributed by atoms with E-state index in [0.29, 0.717) is 28.4 Å². The lowest BCUT2D eigenvalue weighted by atomic mass is 9.98. The monoisotopic (exact) mass is 316 g/mol. The fourth-order valence-corrected chi connectivity index (χ4v) is 2.31. The van der Waals surface area contributed by atoms with Crippen molar-refractivity contribution in [2.24, 2.45) is 0 Å². The van der Waals surface area contributed by atoms with Gasteiger partial charge in [-0.2, -0.15) is 0 Å². The second-order valence-corrected chi connectivity index (χ2v) is 5.07. The third-order valence-electron chi connectivity index (χ3n) is 3.66. The number of aryl methyl sites for hydroxylation is 1. The molecule has 0 radical (unpaired) electrons. The first kappa shape index (κ1) is 16.8. The maximum absolute atomic E-state index is 12.5. The number of ether oxygens (including phenoxy) is 3. The van der Waals surface area contributed by atoms with Crippen molar-refractivity contribution in [3.8, 4) is 17.2 Å². The summed E-state index contributed by atoms with van der Waals surface area (Å²) in [5, 5.41) is 10.4. The number of hydrogen-bond donors (Lipinski definition) is 1. The minimum Gasteiger partial charge on any atom is -0.496 e. The van der Waals surface area contributed by atoms with Gasteiger partial charge < -0.3 is 19.3 Å². The smallest absolute Gasteiger partial charge is 0.195 e. The van der Waals surface area contributed by atoms with Gasteiger partial charge in [0.2, 0.25) is 0 Å². The summed E-state index contributed by atoms with van der Waals surface area (Å²) in [6.45, 7) is 1.89. The van der Waals surface area contributed by atoms with Crippen LogP contribution >= 0.6 is 0 Å². The molecule has 0 saturated heterocycles. The predicted molar refractivity (Wildman–Crippen MR) is 86.6 cm³/mol. The number of Topliss-reactive ketones (excluding diaryl/α,β-unsaturated/α-hetero) is 1. The average Bonchev–Trinajstić information content (AvgIpc) is 2.60. The van der Waals surface area contributed by atoms with E-state index in [4.69, 9.17) is 14.2 Å². The third kappa shape index (κ3) is 3.46. The van der Waals surface area contributed by atoms with Gasteiger partial charge in [0.25, 0.3) is 0 Å². The number of rotatable bonds is 6. The van der Waals surface area contributed by atoms with Crippen LogP contribution in [-0.2, 0) is 0 Å². The van der Waals surface area contributed by atoms with Gasteiger partial charge in [-0.3, -0.25) is 4.79 Å². The van der Waals surface area contributed by atoms with Gasteiger partial charge in [-0.25, -0.2) is 0 Å². The second-order valence-electron chi connectivity index (χ2n) is 5.07. The summed E-state index contributed by atoms with van der Waals surface area (Å²) in [4.78, 5) is 12.5. The molecule has 0 bridgehead atoms. The molecule has 2 aromatic rings. The highest BCUT2D eigenvalue weighted by Crippen LogP contribution is 2.31. The van der Waals surface area contributed by atoms with E-state index in [9.17, 15) is 9.90 Å². The molecule has 5 nitrogen and oxygen atoms in total. The molecule has 23 heavy (non-hydrogen) atoms. The van der Waals surface area contributed by atoms with Crippen molar-refractivity contribution in [1.82, 2.24) is 0 Å². The van der Waals surface area contributed by atoms with Crippen molar-refractivity contribution < 1.29 is 24.1 Å². The van der Waals surface area contributed by atoms with Gasteiger partial charge >= 0.3 is 0 Å². The number of ketones is 1. The fraction of sp³-hybridized carbons (Fsp3) is 0.278. The highest BCUT2D eigenvalue weighted by Gasteiger charge is 2.21. The van der Waals surface area contributed by atoms with Crippen molar-refractivity contribution in [2.75, 3.05) is 21.3 Å². The van der Waals surface area contributed by atoms with E-state index in [-0.39, 0.29) is 0 Å². The van der Waals surface area contributed by atoms with E-state index in [2.05, 4.69) is 0 Å². The third-order valence-corrected chi connectivity index (χ3v) is 3.66. The Kier molecular flexibility index (Phi) is 5.24. The van der Waals surface area contributed by atoms with Gasteiger partial charge in [0.05, 0.1) is 21.3 Å². The van der Waals surface area contributed by atoms with E-state index >= 15 is 0 Å². The summed E-state index contributed by atoms with van der Waals surface area (Å²) in [6, 6.07) is 9.96. The summed E-state index contributed by atoms with van der Waals surface area (Å²) >= 11 is 0. The van der Waals surface area contributed by atoms with Crippen molar-refractivity contribution in [3.05, 3.63) is 53.1 Å². The summed E-state index contributed by atoms with van der Waals surface area (Å²) in [5.41, 5.74) is 1.74. The molecule has 1 atom stereocenters. The average molecular weight is 316 g/mol. The molecule has 1 unspecified atom stereocenters. The first-order valence-corrected chi connectivity index (χ1v) is 7.10. The lowest BCUT2D eigenvalue weighted by Crippen LogP contribution is -2.13. The molecule has 0 heterocycles. The number of carbonyl (C=O) groups is 1. The Morgan fingerprint density at radius 3 is 2.17 bits per heavy atom. The molecular weight excluding hydrogens is 296 g/mol. The van der Waals surface area contributed by atoms with Crippen molar-refractivity contribution >= 4 is 5.78 Å². The molecule has 0 aliphatic carbocycles. The van der Waals surface area contributed by atoms with E-state index < -0.39 is 11.9 Å². The normalized spacial score (nSPS) is 11.7. The van der Waals surface area contributed by atoms with Crippen LogP contribution in [0.4, 0.5) is 0 Å². The van der Waals surface area contributed by atoms with E-state index in [1.807, 2.05) is 6.92 Å². The van der Waals surface area contributed by atoms with Crippen LogP contribution in [0.5, 0.6) is 17.2 Å². The summed E-state index contributed by atoms with van der Waals surface area (Å²) in [5.74, 6) is 1.19. The topological polar surface area (TPSA) is 65.0 Å². The number of benzene rings is 2. The summed E-state index contributed by atoms with van der Waals surface area (Å²) in [7, 11) is 4.57. The number of aliphatic hydroxyl groups excluding tert-OH is 1. The second kappa shape index (κ2) is 7.15. The van der Waals surface area contributed by atoms with E-state index in [0.717, 1.165) is 5.56 Å². The van der Waals surface area contributed by atoms with Crippen LogP contribution in [0.2, 0.25) is 0 Å². The number of carbonyl (C=O) groups excluding carboxylic acids is 1. The van der Waals surface area contributed by atoms with Gasteiger partial charge in [0.15, 0.2) is 17.3 Å². The van der Waals surface area contributed by atoms with E-state index in [1.54, 1.807) is 43.5 Å². The molecule has 1 N–H and O–H groups in total. The zero-order valence-electron chi connectivity index (χ0n) is 13.6. The summed E-state index contributed by atoms with van der Waals surface area (Å²) < 4.78 is 15.6. The molecule has 0 aliphatic heterocycles. The van der Waals surface area contributed by atoms with E-state index in [1.165, 1.54) is 14.2 Å². The summed E-state index contributed by atoms with van der Waals surface area (Å²) in [6.07, 6.45) is -1.29. The molecule has 0 fully saturated rings. The molecule has 2 aromatic carbocycles. The SMILES string of the molecule is COc1cc(C(=O)C(O)c2ccc(OC)c(OC)c2)ccc1C. The Balaban J connectivity index is 2.32. The standard InChI is InChI=1S/C18H20O5/c1-11-5-6-12(9-15(11)22-3)17(19)18(20)13-7-8-14(21-2)16(10-13)23-4/h5-10,18,20H,1-4H3. The fourth-order valence-electron chi connectivity index (χ4n) is 2.31. The van der Waals surface area contributed by atoms with Crippen molar-refractivity contribution in [1.29, 1.82) is 0 Å². The van der Waals surface area contributed by atoms with Crippen LogP contribution in [0.1, 0.15) is 27.6 Å². The minimum atomic E-state index is -1.29. The molecule has 0 amide bonds. The lowest BCUT2D eigenvalue weighted by Gasteiger charge is -2.14. The van der Waals surface area contributed by atoms with Gasteiger partial charge in [0, 0.05) is 5.56 Å². The van der Waals surface area contributed by atoms with Gasteiger partial charge in [-0.1, -0.05) is 18.2 Å². The Hall–Kier alpha value is -2.53. The van der Waals surface area contributed by atoms with Crippen LogP contribution in [0, 0.1) is 6.92 Å². The Labute approximate surface area is 135 Å². The highest BCUT2D eigenvalue weighted by atomic mass is 16.5. The Morgan fingerprint density at radius 2 is 1.57 bits per heavy atom. The predicted octanol–water partition coefficient (Wildman–Crippen LogP) is 2.94. The van der Waals surface area contributed by atoms with Crippen LogP contribution in [0.3, 0.4) is 0 Å². The molecule has 122 valence electrons. The minimum absolute atomic E-state index is 0.384.